The first kappa shape index (κ1) is 22.1. The molecule has 1 fully saturated rings. The maximum absolute atomic E-state index is 13.3. The van der Waals surface area contributed by atoms with Crippen molar-refractivity contribution in [3.8, 4) is 0 Å². The zero-order valence-electron chi connectivity index (χ0n) is 18.8. The van der Waals surface area contributed by atoms with Crippen LogP contribution in [-0.2, 0) is 16.0 Å². The molecule has 1 aromatic heterocycles. The molecule has 1 aliphatic heterocycles. The molecule has 1 unspecified atom stereocenters. The summed E-state index contributed by atoms with van der Waals surface area (Å²) in [6.07, 6.45) is 7.43. The molecular weight excluding hydrogens is 404 g/mol. The number of thiophene rings is 1. The molecule has 1 saturated carbocycles. The van der Waals surface area contributed by atoms with Gasteiger partial charge < -0.3 is 9.80 Å². The van der Waals surface area contributed by atoms with Crippen molar-refractivity contribution >= 4 is 23.2 Å². The van der Waals surface area contributed by atoms with Crippen molar-refractivity contribution in [2.75, 3.05) is 13.1 Å². The fourth-order valence-electron chi connectivity index (χ4n) is 5.32. The molecule has 4 rings (SSSR count). The summed E-state index contributed by atoms with van der Waals surface area (Å²) in [6, 6.07) is 11.0. The molecule has 2 aromatic rings. The van der Waals surface area contributed by atoms with Gasteiger partial charge in [0.15, 0.2) is 0 Å². The summed E-state index contributed by atoms with van der Waals surface area (Å²) < 4.78 is 0. The summed E-state index contributed by atoms with van der Waals surface area (Å²) in [6.45, 7) is 5.62. The van der Waals surface area contributed by atoms with Crippen LogP contribution in [0.2, 0.25) is 0 Å². The van der Waals surface area contributed by atoms with Gasteiger partial charge in [0, 0.05) is 36.9 Å². The molecule has 0 spiro atoms. The molecule has 0 N–H and O–H groups in total. The number of nitrogens with zero attached hydrogens (tertiary/aromatic N) is 2. The topological polar surface area (TPSA) is 40.6 Å². The Morgan fingerprint density at radius 1 is 1.13 bits per heavy atom. The van der Waals surface area contributed by atoms with E-state index in [-0.39, 0.29) is 17.9 Å². The molecule has 0 bridgehead atoms. The van der Waals surface area contributed by atoms with E-state index in [1.165, 1.54) is 35.3 Å². The molecule has 0 radical (unpaired) electrons. The SMILES string of the molecule is CCN(C(=O)CCC(=O)N1CCc2sccc2C1c1cccc(C)c1)C1CCCCC1. The number of carbonyl (C=O) groups is 2. The maximum Gasteiger partial charge on any atom is 0.223 e. The van der Waals surface area contributed by atoms with Crippen molar-refractivity contribution < 1.29 is 9.59 Å². The third-order valence-corrected chi connectivity index (χ3v) is 7.87. The van der Waals surface area contributed by atoms with Crippen molar-refractivity contribution in [2.24, 2.45) is 0 Å². The number of hydrogen-bond donors (Lipinski definition) is 0. The Morgan fingerprint density at radius 3 is 2.68 bits per heavy atom. The Balaban J connectivity index is 1.47. The van der Waals surface area contributed by atoms with Crippen LogP contribution in [0.4, 0.5) is 0 Å². The average Bonchev–Trinajstić information content (AvgIpc) is 3.27. The van der Waals surface area contributed by atoms with Crippen molar-refractivity contribution in [1.82, 2.24) is 9.80 Å². The molecule has 1 aliphatic carbocycles. The standard InChI is InChI=1S/C26H34N2O2S/c1-3-27(21-10-5-4-6-11-21)24(29)12-13-25(30)28-16-14-23-22(15-17-31-23)26(28)20-9-7-8-19(2)18-20/h7-9,15,17-18,21,26H,3-6,10-14,16H2,1-2H3. The Morgan fingerprint density at radius 2 is 1.94 bits per heavy atom. The van der Waals surface area contributed by atoms with Crippen LogP contribution in [0, 0.1) is 6.92 Å². The number of fused-ring (bicyclic) bond motifs is 1. The van der Waals surface area contributed by atoms with E-state index >= 15 is 0 Å². The Kier molecular flexibility index (Phi) is 7.11. The van der Waals surface area contributed by atoms with E-state index in [0.29, 0.717) is 18.9 Å². The number of benzene rings is 1. The lowest BCUT2D eigenvalue weighted by atomic mass is 9.92. The third kappa shape index (κ3) is 4.87. The van der Waals surface area contributed by atoms with Crippen molar-refractivity contribution in [3.63, 3.8) is 0 Å². The summed E-state index contributed by atoms with van der Waals surface area (Å²) in [5, 5.41) is 2.13. The highest BCUT2D eigenvalue weighted by molar-refractivity contribution is 7.10. The monoisotopic (exact) mass is 438 g/mol. The van der Waals surface area contributed by atoms with Crippen LogP contribution < -0.4 is 0 Å². The molecule has 2 amide bonds. The van der Waals surface area contributed by atoms with Gasteiger partial charge in [0.2, 0.25) is 11.8 Å². The molecular formula is C26H34N2O2S. The predicted molar refractivity (Wildman–Crippen MR) is 126 cm³/mol. The zero-order valence-corrected chi connectivity index (χ0v) is 19.6. The largest absolute Gasteiger partial charge is 0.340 e. The molecule has 1 aromatic carbocycles. The summed E-state index contributed by atoms with van der Waals surface area (Å²) in [4.78, 5) is 31.7. The minimum Gasteiger partial charge on any atom is -0.340 e. The van der Waals surface area contributed by atoms with E-state index in [1.54, 1.807) is 11.3 Å². The van der Waals surface area contributed by atoms with E-state index in [0.717, 1.165) is 37.9 Å². The van der Waals surface area contributed by atoms with Crippen LogP contribution in [0.15, 0.2) is 35.7 Å². The summed E-state index contributed by atoms with van der Waals surface area (Å²) >= 11 is 1.78. The first-order chi connectivity index (χ1) is 15.1. The van der Waals surface area contributed by atoms with Gasteiger partial charge in [-0.25, -0.2) is 0 Å². The van der Waals surface area contributed by atoms with Gasteiger partial charge in [-0.05, 0) is 55.7 Å². The van der Waals surface area contributed by atoms with Crippen LogP contribution in [0.5, 0.6) is 0 Å². The lowest BCUT2D eigenvalue weighted by molar-refractivity contribution is -0.139. The van der Waals surface area contributed by atoms with E-state index in [2.05, 4.69) is 49.6 Å². The molecule has 4 nitrogen and oxygen atoms in total. The highest BCUT2D eigenvalue weighted by Crippen LogP contribution is 2.38. The number of hydrogen-bond acceptors (Lipinski definition) is 3. The van der Waals surface area contributed by atoms with Gasteiger partial charge in [0.1, 0.15) is 0 Å². The van der Waals surface area contributed by atoms with Gasteiger partial charge in [-0.1, -0.05) is 49.1 Å². The molecule has 166 valence electrons. The maximum atomic E-state index is 13.3. The molecule has 5 heteroatoms. The lowest BCUT2D eigenvalue weighted by Crippen LogP contribution is -2.43. The number of carbonyl (C=O) groups excluding carboxylic acids is 2. The van der Waals surface area contributed by atoms with E-state index in [4.69, 9.17) is 0 Å². The molecule has 31 heavy (non-hydrogen) atoms. The van der Waals surface area contributed by atoms with Crippen LogP contribution in [0.25, 0.3) is 0 Å². The quantitative estimate of drug-likeness (QED) is 0.598. The summed E-state index contributed by atoms with van der Waals surface area (Å²) in [7, 11) is 0. The average molecular weight is 439 g/mol. The number of aryl methyl sites for hydroxylation is 1. The molecule has 1 atom stereocenters. The minimum absolute atomic E-state index is 0.0434. The minimum atomic E-state index is -0.0434. The van der Waals surface area contributed by atoms with E-state index < -0.39 is 0 Å². The van der Waals surface area contributed by atoms with Crippen LogP contribution >= 0.6 is 11.3 Å². The van der Waals surface area contributed by atoms with Crippen LogP contribution in [0.3, 0.4) is 0 Å². The van der Waals surface area contributed by atoms with Crippen LogP contribution in [-0.4, -0.2) is 40.7 Å². The van der Waals surface area contributed by atoms with Gasteiger partial charge in [-0.3, -0.25) is 9.59 Å². The first-order valence-corrected chi connectivity index (χ1v) is 12.7. The summed E-state index contributed by atoms with van der Waals surface area (Å²) in [5.74, 6) is 0.236. The van der Waals surface area contributed by atoms with Crippen LogP contribution in [0.1, 0.15) is 79.5 Å². The van der Waals surface area contributed by atoms with Gasteiger partial charge in [0.05, 0.1) is 6.04 Å². The smallest absolute Gasteiger partial charge is 0.223 e. The van der Waals surface area contributed by atoms with Gasteiger partial charge >= 0.3 is 0 Å². The highest BCUT2D eigenvalue weighted by Gasteiger charge is 2.33. The second kappa shape index (κ2) is 9.99. The zero-order chi connectivity index (χ0) is 21.8. The lowest BCUT2D eigenvalue weighted by Gasteiger charge is -2.37. The third-order valence-electron chi connectivity index (χ3n) is 6.87. The number of rotatable bonds is 6. The number of amides is 2. The second-order valence-corrected chi connectivity index (χ2v) is 9.93. The van der Waals surface area contributed by atoms with Gasteiger partial charge in [-0.2, -0.15) is 0 Å². The highest BCUT2D eigenvalue weighted by atomic mass is 32.1. The molecule has 2 aliphatic rings. The Labute approximate surface area is 190 Å². The molecule has 0 saturated heterocycles. The first-order valence-electron chi connectivity index (χ1n) is 11.8. The van der Waals surface area contributed by atoms with Crippen molar-refractivity contribution in [2.45, 2.75) is 77.3 Å². The van der Waals surface area contributed by atoms with Gasteiger partial charge in [-0.15, -0.1) is 11.3 Å². The second-order valence-electron chi connectivity index (χ2n) is 8.92. The fourth-order valence-corrected chi connectivity index (χ4v) is 6.22. The Hall–Kier alpha value is -2.14. The van der Waals surface area contributed by atoms with E-state index in [1.807, 2.05) is 9.80 Å². The van der Waals surface area contributed by atoms with Crippen molar-refractivity contribution in [3.05, 3.63) is 57.3 Å². The fraction of sp³-hybridized carbons (Fsp3) is 0.538. The molecule has 2 heterocycles. The van der Waals surface area contributed by atoms with Gasteiger partial charge in [0.25, 0.3) is 0 Å². The normalized spacial score (nSPS) is 19.2. The Bertz CT molecular complexity index is 916. The van der Waals surface area contributed by atoms with Crippen molar-refractivity contribution in [1.29, 1.82) is 0 Å². The van der Waals surface area contributed by atoms with E-state index in [9.17, 15) is 9.59 Å². The summed E-state index contributed by atoms with van der Waals surface area (Å²) in [5.41, 5.74) is 3.61. The predicted octanol–water partition coefficient (Wildman–Crippen LogP) is 5.49.